The fourth-order valence-corrected chi connectivity index (χ4v) is 1.27. The summed E-state index contributed by atoms with van der Waals surface area (Å²) < 4.78 is 0. The molecular formula is C7H14N2. The van der Waals surface area contributed by atoms with Crippen molar-refractivity contribution in [2.24, 2.45) is 5.10 Å². The smallest absolute Gasteiger partial charge is 0.0517 e. The first-order valence-corrected chi connectivity index (χ1v) is 3.51. The van der Waals surface area contributed by atoms with Crippen LogP contribution in [0, 0.1) is 0 Å². The molecule has 0 bridgehead atoms. The molecule has 0 radical (unpaired) electrons. The van der Waals surface area contributed by atoms with Crippen molar-refractivity contribution in [2.75, 3.05) is 7.05 Å². The summed E-state index contributed by atoms with van der Waals surface area (Å²) >= 11 is 0. The second kappa shape index (κ2) is 2.38. The van der Waals surface area contributed by atoms with Crippen molar-refractivity contribution >= 4 is 5.71 Å². The van der Waals surface area contributed by atoms with Crippen LogP contribution >= 0.6 is 0 Å². The summed E-state index contributed by atoms with van der Waals surface area (Å²) in [5, 5.41) is 6.36. The minimum atomic E-state index is 0.671. The van der Waals surface area contributed by atoms with Gasteiger partial charge in [0.2, 0.25) is 0 Å². The summed E-state index contributed by atoms with van der Waals surface area (Å²) in [7, 11) is 2.05. The van der Waals surface area contributed by atoms with Crippen LogP contribution in [0.3, 0.4) is 0 Å². The van der Waals surface area contributed by atoms with Gasteiger partial charge in [0.25, 0.3) is 0 Å². The summed E-state index contributed by atoms with van der Waals surface area (Å²) in [5.41, 5.74) is 1.27. The minimum Gasteiger partial charge on any atom is -0.297 e. The lowest BCUT2D eigenvalue weighted by molar-refractivity contribution is 0.278. The van der Waals surface area contributed by atoms with Gasteiger partial charge in [-0.25, -0.2) is 0 Å². The molecule has 0 saturated carbocycles. The Morgan fingerprint density at radius 2 is 2.44 bits per heavy atom. The molecule has 1 rings (SSSR count). The van der Waals surface area contributed by atoms with Gasteiger partial charge in [-0.15, -0.1) is 0 Å². The van der Waals surface area contributed by atoms with Crippen molar-refractivity contribution in [3.05, 3.63) is 0 Å². The van der Waals surface area contributed by atoms with E-state index in [9.17, 15) is 0 Å². The third-order valence-electron chi connectivity index (χ3n) is 1.86. The standard InChI is InChI=1S/C7H14N2/c1-4-7-5-6(2)8-9(7)3/h7H,4-5H2,1-3H3. The highest BCUT2D eigenvalue weighted by Gasteiger charge is 2.17. The molecule has 0 N–H and O–H groups in total. The zero-order chi connectivity index (χ0) is 6.85. The summed E-state index contributed by atoms with van der Waals surface area (Å²) in [6.07, 6.45) is 2.37. The minimum absolute atomic E-state index is 0.671. The maximum atomic E-state index is 4.29. The van der Waals surface area contributed by atoms with Crippen LogP contribution in [0.5, 0.6) is 0 Å². The van der Waals surface area contributed by atoms with Crippen LogP contribution in [0.1, 0.15) is 26.7 Å². The Morgan fingerprint density at radius 1 is 1.78 bits per heavy atom. The highest BCUT2D eigenvalue weighted by molar-refractivity contribution is 5.83. The lowest BCUT2D eigenvalue weighted by atomic mass is 10.1. The maximum Gasteiger partial charge on any atom is 0.0517 e. The van der Waals surface area contributed by atoms with E-state index in [1.54, 1.807) is 0 Å². The molecule has 9 heavy (non-hydrogen) atoms. The monoisotopic (exact) mass is 126 g/mol. The number of hydrogen-bond acceptors (Lipinski definition) is 2. The van der Waals surface area contributed by atoms with E-state index in [4.69, 9.17) is 0 Å². The predicted molar refractivity (Wildman–Crippen MR) is 39.6 cm³/mol. The molecule has 0 aromatic carbocycles. The van der Waals surface area contributed by atoms with Gasteiger partial charge in [0.1, 0.15) is 0 Å². The zero-order valence-corrected chi connectivity index (χ0v) is 6.39. The highest BCUT2D eigenvalue weighted by Crippen LogP contribution is 2.14. The first-order chi connectivity index (χ1) is 4.24. The van der Waals surface area contributed by atoms with E-state index in [1.807, 2.05) is 7.05 Å². The van der Waals surface area contributed by atoms with Gasteiger partial charge in [-0.3, -0.25) is 5.01 Å². The third-order valence-corrected chi connectivity index (χ3v) is 1.86. The third kappa shape index (κ3) is 1.23. The van der Waals surface area contributed by atoms with Crippen molar-refractivity contribution in [1.29, 1.82) is 0 Å². The maximum absolute atomic E-state index is 4.29. The normalized spacial score (nSPS) is 26.8. The summed E-state index contributed by atoms with van der Waals surface area (Å²) in [4.78, 5) is 0. The van der Waals surface area contributed by atoms with Gasteiger partial charge < -0.3 is 0 Å². The van der Waals surface area contributed by atoms with Gasteiger partial charge in [0.05, 0.1) is 6.04 Å². The highest BCUT2D eigenvalue weighted by atomic mass is 15.5. The summed E-state index contributed by atoms with van der Waals surface area (Å²) in [5.74, 6) is 0. The molecule has 1 aliphatic rings. The van der Waals surface area contributed by atoms with Crippen LogP contribution in [-0.2, 0) is 0 Å². The number of hydrazone groups is 1. The first kappa shape index (κ1) is 6.59. The van der Waals surface area contributed by atoms with Gasteiger partial charge in [-0.2, -0.15) is 5.10 Å². The van der Waals surface area contributed by atoms with Crippen LogP contribution in [-0.4, -0.2) is 23.8 Å². The topological polar surface area (TPSA) is 15.6 Å². The predicted octanol–water partition coefficient (Wildman–Crippen LogP) is 1.48. The van der Waals surface area contributed by atoms with Gasteiger partial charge in [-0.1, -0.05) is 6.92 Å². The van der Waals surface area contributed by atoms with E-state index in [0.29, 0.717) is 6.04 Å². The second-order valence-corrected chi connectivity index (χ2v) is 2.68. The van der Waals surface area contributed by atoms with E-state index in [-0.39, 0.29) is 0 Å². The Hall–Kier alpha value is -0.530. The first-order valence-electron chi connectivity index (χ1n) is 3.51. The molecule has 1 atom stereocenters. The molecule has 2 nitrogen and oxygen atoms in total. The largest absolute Gasteiger partial charge is 0.297 e. The van der Waals surface area contributed by atoms with Crippen molar-refractivity contribution in [3.63, 3.8) is 0 Å². The zero-order valence-electron chi connectivity index (χ0n) is 6.39. The van der Waals surface area contributed by atoms with Crippen molar-refractivity contribution in [2.45, 2.75) is 32.7 Å². The molecule has 0 spiro atoms. The average Bonchev–Trinajstić information content (AvgIpc) is 2.10. The molecule has 0 saturated heterocycles. The van der Waals surface area contributed by atoms with E-state index >= 15 is 0 Å². The Kier molecular flexibility index (Phi) is 1.74. The molecule has 0 fully saturated rings. The molecule has 0 aromatic heterocycles. The molecule has 0 aliphatic carbocycles. The molecule has 1 unspecified atom stereocenters. The second-order valence-electron chi connectivity index (χ2n) is 2.68. The van der Waals surface area contributed by atoms with Gasteiger partial charge >= 0.3 is 0 Å². The van der Waals surface area contributed by atoms with E-state index < -0.39 is 0 Å². The van der Waals surface area contributed by atoms with Gasteiger partial charge in [0.15, 0.2) is 0 Å². The van der Waals surface area contributed by atoms with E-state index in [0.717, 1.165) is 6.42 Å². The number of nitrogens with zero attached hydrogens (tertiary/aromatic N) is 2. The average molecular weight is 126 g/mol. The lowest BCUT2D eigenvalue weighted by Gasteiger charge is -2.15. The van der Waals surface area contributed by atoms with Crippen LogP contribution in [0.25, 0.3) is 0 Å². The molecule has 1 aliphatic heterocycles. The van der Waals surface area contributed by atoms with Crippen LogP contribution in [0.4, 0.5) is 0 Å². The van der Waals surface area contributed by atoms with E-state index in [1.165, 1.54) is 12.1 Å². The molecule has 2 heteroatoms. The fraction of sp³-hybridized carbons (Fsp3) is 0.857. The summed E-state index contributed by atoms with van der Waals surface area (Å²) in [6, 6.07) is 0.671. The van der Waals surface area contributed by atoms with Gasteiger partial charge in [-0.05, 0) is 13.3 Å². The van der Waals surface area contributed by atoms with Crippen LogP contribution in [0.2, 0.25) is 0 Å². The molecule has 52 valence electrons. The van der Waals surface area contributed by atoms with Crippen LogP contribution in [0.15, 0.2) is 5.10 Å². The Morgan fingerprint density at radius 3 is 2.67 bits per heavy atom. The Bertz CT molecular complexity index is 129. The van der Waals surface area contributed by atoms with Crippen molar-refractivity contribution < 1.29 is 0 Å². The van der Waals surface area contributed by atoms with Crippen molar-refractivity contribution in [1.82, 2.24) is 5.01 Å². The lowest BCUT2D eigenvalue weighted by Crippen LogP contribution is -2.20. The molecule has 0 aromatic rings. The molecule has 0 amide bonds. The van der Waals surface area contributed by atoms with Crippen LogP contribution < -0.4 is 0 Å². The van der Waals surface area contributed by atoms with Crippen molar-refractivity contribution in [3.8, 4) is 0 Å². The van der Waals surface area contributed by atoms with E-state index in [2.05, 4.69) is 24.0 Å². The number of hydrogen-bond donors (Lipinski definition) is 0. The quantitative estimate of drug-likeness (QED) is 0.519. The fourth-order valence-electron chi connectivity index (χ4n) is 1.27. The Labute approximate surface area is 56.5 Å². The number of rotatable bonds is 1. The Balaban J connectivity index is 2.49. The summed E-state index contributed by atoms with van der Waals surface area (Å²) in [6.45, 7) is 4.29. The molecule has 1 heterocycles. The SMILES string of the molecule is CCC1CC(C)=NN1C. The van der Waals surface area contributed by atoms with Gasteiger partial charge in [0, 0.05) is 19.2 Å². The molecular weight excluding hydrogens is 112 g/mol.